The van der Waals surface area contributed by atoms with Gasteiger partial charge in [-0.3, -0.25) is 15.1 Å². The first-order valence-corrected chi connectivity index (χ1v) is 8.16. The highest BCUT2D eigenvalue weighted by molar-refractivity contribution is 5.91. The van der Waals surface area contributed by atoms with Gasteiger partial charge in [0.2, 0.25) is 0 Å². The first kappa shape index (κ1) is 18.5. The number of ether oxygens (including phenoxy) is 1. The number of nitro benzene ring substituents is 1. The van der Waals surface area contributed by atoms with Crippen molar-refractivity contribution in [2.24, 2.45) is 0 Å². The molecule has 0 aliphatic rings. The molecule has 7 heteroatoms. The molecule has 3 aromatic rings. The van der Waals surface area contributed by atoms with Gasteiger partial charge in [-0.25, -0.2) is 4.79 Å². The third-order valence-corrected chi connectivity index (χ3v) is 3.81. The van der Waals surface area contributed by atoms with Crippen molar-refractivity contribution in [2.75, 3.05) is 0 Å². The van der Waals surface area contributed by atoms with Crippen LogP contribution in [0.4, 0.5) is 5.69 Å². The molecule has 0 aliphatic carbocycles. The van der Waals surface area contributed by atoms with E-state index in [1.54, 1.807) is 48.7 Å². The van der Waals surface area contributed by atoms with Gasteiger partial charge in [-0.05, 0) is 53.6 Å². The molecular weight excluding hydrogens is 358 g/mol. The minimum Gasteiger partial charge on any atom is -0.423 e. The summed E-state index contributed by atoms with van der Waals surface area (Å²) < 4.78 is 5.28. The van der Waals surface area contributed by atoms with E-state index in [0.29, 0.717) is 22.4 Å². The lowest BCUT2D eigenvalue weighted by Gasteiger charge is -2.05. The monoisotopic (exact) mass is 371 g/mol. The molecule has 136 valence electrons. The normalized spacial score (nSPS) is 10.8. The molecule has 0 bridgehead atoms. The number of allylic oxidation sites excluding steroid dienone is 1. The van der Waals surface area contributed by atoms with Crippen LogP contribution in [0.1, 0.15) is 21.5 Å². The van der Waals surface area contributed by atoms with Gasteiger partial charge in [-0.1, -0.05) is 12.1 Å². The maximum Gasteiger partial charge on any atom is 0.345 e. The van der Waals surface area contributed by atoms with Crippen LogP contribution in [0.2, 0.25) is 0 Å². The van der Waals surface area contributed by atoms with Gasteiger partial charge in [0.15, 0.2) is 0 Å². The molecule has 0 saturated heterocycles. The summed E-state index contributed by atoms with van der Waals surface area (Å²) in [5, 5.41) is 20.1. The van der Waals surface area contributed by atoms with Gasteiger partial charge in [-0.2, -0.15) is 5.26 Å². The predicted octanol–water partition coefficient (Wildman–Crippen LogP) is 4.27. The molecule has 2 aromatic carbocycles. The van der Waals surface area contributed by atoms with Crippen LogP contribution >= 0.6 is 0 Å². The number of nitro groups is 1. The van der Waals surface area contributed by atoms with Crippen molar-refractivity contribution in [3.63, 3.8) is 0 Å². The standard InChI is InChI=1S/C21H13N3O4/c22-13-18(16-5-7-19(8-6-16)24(26)27)12-15-3-9-20(10-4-15)28-21(25)17-2-1-11-23-14-17/h1-12,14H. The highest BCUT2D eigenvalue weighted by Gasteiger charge is 2.09. The number of hydrogen-bond donors (Lipinski definition) is 0. The second-order valence-corrected chi connectivity index (χ2v) is 5.67. The van der Waals surface area contributed by atoms with Crippen LogP contribution in [0.25, 0.3) is 11.6 Å². The number of carbonyl (C=O) groups is 1. The SMILES string of the molecule is N#CC(=Cc1ccc(OC(=O)c2cccnc2)cc1)c1ccc([N+](=O)[O-])cc1. The van der Waals surface area contributed by atoms with E-state index in [2.05, 4.69) is 11.1 Å². The van der Waals surface area contributed by atoms with E-state index >= 15 is 0 Å². The van der Waals surface area contributed by atoms with Crippen molar-refractivity contribution in [1.29, 1.82) is 5.26 Å². The van der Waals surface area contributed by atoms with Crippen LogP contribution in [0.3, 0.4) is 0 Å². The Morgan fingerprint density at radius 3 is 2.36 bits per heavy atom. The fourth-order valence-electron chi connectivity index (χ4n) is 2.39. The van der Waals surface area contributed by atoms with Crippen LogP contribution in [0, 0.1) is 21.4 Å². The predicted molar refractivity (Wildman–Crippen MR) is 102 cm³/mol. The summed E-state index contributed by atoms with van der Waals surface area (Å²) in [6.07, 6.45) is 4.63. The quantitative estimate of drug-likeness (QED) is 0.166. The molecular formula is C21H13N3O4. The van der Waals surface area contributed by atoms with E-state index in [0.717, 1.165) is 5.56 Å². The Labute approximate surface area is 160 Å². The highest BCUT2D eigenvalue weighted by Crippen LogP contribution is 2.22. The van der Waals surface area contributed by atoms with E-state index in [1.807, 2.05) is 0 Å². The number of hydrogen-bond acceptors (Lipinski definition) is 6. The third-order valence-electron chi connectivity index (χ3n) is 3.81. The Bertz CT molecular complexity index is 1070. The Kier molecular flexibility index (Phi) is 5.53. The minimum absolute atomic E-state index is 0.0409. The number of aromatic nitrogens is 1. The van der Waals surface area contributed by atoms with E-state index in [1.165, 1.54) is 30.5 Å². The van der Waals surface area contributed by atoms with Crippen molar-refractivity contribution in [1.82, 2.24) is 4.98 Å². The molecule has 1 aromatic heterocycles. The number of esters is 1. The van der Waals surface area contributed by atoms with Gasteiger partial charge in [0.1, 0.15) is 5.75 Å². The van der Waals surface area contributed by atoms with Crippen LogP contribution in [-0.2, 0) is 0 Å². The fraction of sp³-hybridized carbons (Fsp3) is 0. The lowest BCUT2D eigenvalue weighted by Crippen LogP contribution is -2.08. The summed E-state index contributed by atoms with van der Waals surface area (Å²) in [6.45, 7) is 0. The van der Waals surface area contributed by atoms with Crippen molar-refractivity contribution >= 4 is 23.3 Å². The first-order chi connectivity index (χ1) is 13.6. The Morgan fingerprint density at radius 2 is 1.79 bits per heavy atom. The second kappa shape index (κ2) is 8.38. The molecule has 0 saturated carbocycles. The van der Waals surface area contributed by atoms with Gasteiger partial charge in [0.05, 0.1) is 22.1 Å². The van der Waals surface area contributed by atoms with E-state index in [4.69, 9.17) is 4.74 Å². The fourth-order valence-corrected chi connectivity index (χ4v) is 2.39. The number of pyridine rings is 1. The molecule has 0 radical (unpaired) electrons. The second-order valence-electron chi connectivity index (χ2n) is 5.67. The Hall–Kier alpha value is -4.31. The maximum atomic E-state index is 12.0. The average molecular weight is 371 g/mol. The van der Waals surface area contributed by atoms with Gasteiger partial charge >= 0.3 is 5.97 Å². The first-order valence-electron chi connectivity index (χ1n) is 8.16. The van der Waals surface area contributed by atoms with E-state index in [-0.39, 0.29) is 5.69 Å². The molecule has 0 fully saturated rings. The molecule has 0 unspecified atom stereocenters. The highest BCUT2D eigenvalue weighted by atomic mass is 16.6. The van der Waals surface area contributed by atoms with Gasteiger partial charge in [0, 0.05) is 24.5 Å². The third kappa shape index (κ3) is 4.45. The largest absolute Gasteiger partial charge is 0.423 e. The maximum absolute atomic E-state index is 12.0. The molecule has 7 nitrogen and oxygen atoms in total. The minimum atomic E-state index is -0.514. The van der Waals surface area contributed by atoms with Crippen LogP contribution in [0.5, 0.6) is 5.75 Å². The number of nitrogens with zero attached hydrogens (tertiary/aromatic N) is 3. The zero-order chi connectivity index (χ0) is 19.9. The Balaban J connectivity index is 1.75. The van der Waals surface area contributed by atoms with Crippen LogP contribution < -0.4 is 4.74 Å². The molecule has 0 N–H and O–H groups in total. The van der Waals surface area contributed by atoms with Gasteiger partial charge in [-0.15, -0.1) is 0 Å². The number of carbonyl (C=O) groups excluding carboxylic acids is 1. The van der Waals surface area contributed by atoms with Gasteiger partial charge in [0.25, 0.3) is 5.69 Å². The zero-order valence-corrected chi connectivity index (χ0v) is 14.5. The zero-order valence-electron chi connectivity index (χ0n) is 14.5. The van der Waals surface area contributed by atoms with E-state index in [9.17, 15) is 20.2 Å². The van der Waals surface area contributed by atoms with Crippen molar-refractivity contribution < 1.29 is 14.5 Å². The summed E-state index contributed by atoms with van der Waals surface area (Å²) >= 11 is 0. The lowest BCUT2D eigenvalue weighted by atomic mass is 10.0. The number of nitriles is 1. The molecule has 0 aliphatic heterocycles. The molecule has 28 heavy (non-hydrogen) atoms. The summed E-state index contributed by atoms with van der Waals surface area (Å²) in [7, 11) is 0. The van der Waals surface area contributed by atoms with E-state index < -0.39 is 10.9 Å². The number of rotatable bonds is 5. The molecule has 0 atom stereocenters. The topological polar surface area (TPSA) is 106 Å². The summed E-state index contributed by atoms with van der Waals surface area (Å²) in [4.78, 5) is 26.1. The van der Waals surface area contributed by atoms with Crippen molar-refractivity contribution in [3.05, 3.63) is 99.9 Å². The summed E-state index contributed by atoms with van der Waals surface area (Å²) in [5.41, 5.74) is 1.95. The number of non-ortho nitro benzene ring substituents is 1. The smallest absolute Gasteiger partial charge is 0.345 e. The molecule has 0 spiro atoms. The number of benzene rings is 2. The summed E-state index contributed by atoms with van der Waals surface area (Å²) in [5.74, 6) is -0.153. The molecule has 1 heterocycles. The van der Waals surface area contributed by atoms with Gasteiger partial charge < -0.3 is 4.74 Å². The van der Waals surface area contributed by atoms with Crippen LogP contribution in [0.15, 0.2) is 73.1 Å². The molecule has 3 rings (SSSR count). The average Bonchev–Trinajstić information content (AvgIpc) is 2.74. The lowest BCUT2D eigenvalue weighted by molar-refractivity contribution is -0.384. The van der Waals surface area contributed by atoms with Crippen molar-refractivity contribution in [3.8, 4) is 11.8 Å². The Morgan fingerprint density at radius 1 is 1.07 bits per heavy atom. The molecule has 0 amide bonds. The van der Waals surface area contributed by atoms with Crippen molar-refractivity contribution in [2.45, 2.75) is 0 Å². The van der Waals surface area contributed by atoms with Crippen LogP contribution in [-0.4, -0.2) is 15.9 Å². The summed E-state index contributed by atoms with van der Waals surface area (Å²) in [6, 6.07) is 17.7.